The predicted octanol–water partition coefficient (Wildman–Crippen LogP) is 2.14. The average Bonchev–Trinajstić information content (AvgIpc) is 2.66. The van der Waals surface area contributed by atoms with Crippen molar-refractivity contribution in [1.82, 2.24) is 15.3 Å². The number of amides is 1. The van der Waals surface area contributed by atoms with E-state index in [1.807, 2.05) is 13.0 Å². The highest BCUT2D eigenvalue weighted by molar-refractivity contribution is 7.90. The van der Waals surface area contributed by atoms with Gasteiger partial charge >= 0.3 is 0 Å². The molecule has 3 rings (SSSR count). The van der Waals surface area contributed by atoms with Crippen LogP contribution in [-0.4, -0.2) is 30.5 Å². The lowest BCUT2D eigenvalue weighted by Crippen LogP contribution is -2.27. The quantitative estimate of drug-likeness (QED) is 0.660. The number of H-pyrrole nitrogens is 1. The Labute approximate surface area is 162 Å². The molecular formula is C20H21N3O4S. The number of fused-ring (bicyclic) bond motifs is 1. The highest BCUT2D eigenvalue weighted by Crippen LogP contribution is 2.16. The standard InChI is InChI=1S/C20H21N3O4S/c1-13(14-7-9-15(10-8-14)28(2,26)27)21-19(24)12-11-18-22-17-6-4-3-5-16(17)20(25)23-18/h3-10,13H,11-12H2,1-2H3,(H,21,24)(H,22,23,25). The molecule has 0 aliphatic rings. The fraction of sp³-hybridized carbons (Fsp3) is 0.250. The Morgan fingerprint density at radius 1 is 1.14 bits per heavy atom. The molecule has 0 spiro atoms. The predicted molar refractivity (Wildman–Crippen MR) is 107 cm³/mol. The summed E-state index contributed by atoms with van der Waals surface area (Å²) >= 11 is 0. The van der Waals surface area contributed by atoms with Crippen LogP contribution in [0.3, 0.4) is 0 Å². The highest BCUT2D eigenvalue weighted by atomic mass is 32.2. The van der Waals surface area contributed by atoms with Crippen LogP contribution in [0.2, 0.25) is 0 Å². The molecule has 0 aliphatic carbocycles. The van der Waals surface area contributed by atoms with Crippen LogP contribution in [0.25, 0.3) is 10.9 Å². The summed E-state index contributed by atoms with van der Waals surface area (Å²) in [6.45, 7) is 1.82. The van der Waals surface area contributed by atoms with E-state index in [1.165, 1.54) is 12.1 Å². The van der Waals surface area contributed by atoms with Crippen LogP contribution in [-0.2, 0) is 21.1 Å². The molecule has 0 saturated carbocycles. The van der Waals surface area contributed by atoms with E-state index in [1.54, 1.807) is 30.3 Å². The minimum absolute atomic E-state index is 0.174. The second-order valence-electron chi connectivity index (χ2n) is 6.66. The highest BCUT2D eigenvalue weighted by Gasteiger charge is 2.13. The van der Waals surface area contributed by atoms with E-state index in [-0.39, 0.29) is 28.8 Å². The van der Waals surface area contributed by atoms with E-state index in [9.17, 15) is 18.0 Å². The molecular weight excluding hydrogens is 378 g/mol. The van der Waals surface area contributed by atoms with Crippen molar-refractivity contribution < 1.29 is 13.2 Å². The van der Waals surface area contributed by atoms with Gasteiger partial charge in [0.25, 0.3) is 5.56 Å². The van der Waals surface area contributed by atoms with Crippen molar-refractivity contribution in [3.8, 4) is 0 Å². The van der Waals surface area contributed by atoms with Crippen LogP contribution in [0.15, 0.2) is 58.2 Å². The van der Waals surface area contributed by atoms with Gasteiger partial charge in [0.1, 0.15) is 5.82 Å². The Balaban J connectivity index is 1.62. The number of aromatic amines is 1. The van der Waals surface area contributed by atoms with Gasteiger partial charge < -0.3 is 10.3 Å². The average molecular weight is 399 g/mol. The molecule has 3 aromatic rings. The van der Waals surface area contributed by atoms with Gasteiger partial charge in [0.15, 0.2) is 9.84 Å². The third-order valence-corrected chi connectivity index (χ3v) is 5.56. The van der Waals surface area contributed by atoms with Gasteiger partial charge in [-0.05, 0) is 36.8 Å². The van der Waals surface area contributed by atoms with Crippen LogP contribution in [0, 0.1) is 0 Å². The van der Waals surface area contributed by atoms with E-state index in [2.05, 4.69) is 15.3 Å². The first-order valence-electron chi connectivity index (χ1n) is 8.81. The van der Waals surface area contributed by atoms with E-state index >= 15 is 0 Å². The van der Waals surface area contributed by atoms with Gasteiger partial charge in [-0.2, -0.15) is 0 Å². The maximum Gasteiger partial charge on any atom is 0.258 e. The molecule has 1 atom stereocenters. The fourth-order valence-corrected chi connectivity index (χ4v) is 3.52. The Hall–Kier alpha value is -3.00. The second-order valence-corrected chi connectivity index (χ2v) is 8.68. The summed E-state index contributed by atoms with van der Waals surface area (Å²) < 4.78 is 23.0. The first-order chi connectivity index (χ1) is 13.2. The van der Waals surface area contributed by atoms with Crippen LogP contribution in [0.1, 0.15) is 30.8 Å². The lowest BCUT2D eigenvalue weighted by molar-refractivity contribution is -0.121. The van der Waals surface area contributed by atoms with Gasteiger partial charge in [-0.3, -0.25) is 9.59 Å². The van der Waals surface area contributed by atoms with Crippen LogP contribution < -0.4 is 10.9 Å². The molecule has 0 saturated heterocycles. The Bertz CT molecular complexity index is 1170. The minimum atomic E-state index is -3.25. The number of para-hydroxylation sites is 1. The zero-order valence-electron chi connectivity index (χ0n) is 15.6. The molecule has 0 radical (unpaired) electrons. The number of carbonyl (C=O) groups is 1. The van der Waals surface area contributed by atoms with Gasteiger partial charge in [-0.25, -0.2) is 13.4 Å². The number of carbonyl (C=O) groups excluding carboxylic acids is 1. The Morgan fingerprint density at radius 2 is 1.82 bits per heavy atom. The van der Waals surface area contributed by atoms with E-state index < -0.39 is 9.84 Å². The molecule has 1 heterocycles. The molecule has 2 N–H and O–H groups in total. The number of rotatable bonds is 6. The third-order valence-electron chi connectivity index (χ3n) is 4.44. The number of benzene rings is 2. The van der Waals surface area contributed by atoms with Crippen LogP contribution in [0.5, 0.6) is 0 Å². The summed E-state index contributed by atoms with van der Waals surface area (Å²) in [5.74, 6) is 0.277. The lowest BCUT2D eigenvalue weighted by Gasteiger charge is -2.14. The van der Waals surface area contributed by atoms with E-state index in [0.717, 1.165) is 11.8 Å². The van der Waals surface area contributed by atoms with Gasteiger partial charge in [-0.1, -0.05) is 24.3 Å². The SMILES string of the molecule is CC(NC(=O)CCc1nc2ccccc2c(=O)[nH]1)c1ccc(S(C)(=O)=O)cc1. The van der Waals surface area contributed by atoms with Crippen molar-refractivity contribution in [3.05, 3.63) is 70.3 Å². The molecule has 28 heavy (non-hydrogen) atoms. The molecule has 0 fully saturated rings. The van der Waals surface area contributed by atoms with Crippen molar-refractivity contribution in [2.75, 3.05) is 6.26 Å². The summed E-state index contributed by atoms with van der Waals surface area (Å²) in [5, 5.41) is 3.38. The fourth-order valence-electron chi connectivity index (χ4n) is 2.89. The summed E-state index contributed by atoms with van der Waals surface area (Å²) in [4.78, 5) is 31.6. The molecule has 2 aromatic carbocycles. The second kappa shape index (κ2) is 7.93. The smallest absolute Gasteiger partial charge is 0.258 e. The van der Waals surface area contributed by atoms with Crippen LogP contribution in [0.4, 0.5) is 0 Å². The van der Waals surface area contributed by atoms with Gasteiger partial charge in [0.2, 0.25) is 5.91 Å². The monoisotopic (exact) mass is 399 g/mol. The number of hydrogen-bond acceptors (Lipinski definition) is 5. The summed E-state index contributed by atoms with van der Waals surface area (Å²) in [6.07, 6.45) is 1.64. The third kappa shape index (κ3) is 4.64. The number of sulfone groups is 1. The Morgan fingerprint density at radius 3 is 2.50 bits per heavy atom. The van der Waals surface area contributed by atoms with Crippen molar-refractivity contribution in [1.29, 1.82) is 0 Å². The summed E-state index contributed by atoms with van der Waals surface area (Å²) in [5.41, 5.74) is 1.18. The largest absolute Gasteiger partial charge is 0.350 e. The van der Waals surface area contributed by atoms with Crippen molar-refractivity contribution in [2.45, 2.75) is 30.7 Å². The van der Waals surface area contributed by atoms with Crippen molar-refractivity contribution in [2.24, 2.45) is 0 Å². The molecule has 7 nitrogen and oxygen atoms in total. The van der Waals surface area contributed by atoms with Crippen LogP contribution >= 0.6 is 0 Å². The molecule has 8 heteroatoms. The molecule has 1 aromatic heterocycles. The molecule has 1 amide bonds. The van der Waals surface area contributed by atoms with Crippen molar-refractivity contribution in [3.63, 3.8) is 0 Å². The minimum Gasteiger partial charge on any atom is -0.350 e. The number of aromatic nitrogens is 2. The topological polar surface area (TPSA) is 109 Å². The zero-order valence-corrected chi connectivity index (χ0v) is 16.4. The number of nitrogens with one attached hydrogen (secondary N) is 2. The number of aryl methyl sites for hydroxylation is 1. The number of hydrogen-bond donors (Lipinski definition) is 2. The first-order valence-corrected chi connectivity index (χ1v) is 10.7. The van der Waals surface area contributed by atoms with E-state index in [4.69, 9.17) is 0 Å². The molecule has 1 unspecified atom stereocenters. The number of nitrogens with zero attached hydrogens (tertiary/aromatic N) is 1. The van der Waals surface area contributed by atoms with Crippen molar-refractivity contribution >= 4 is 26.6 Å². The Kier molecular flexibility index (Phi) is 5.60. The zero-order chi connectivity index (χ0) is 20.3. The van der Waals surface area contributed by atoms with Gasteiger partial charge in [0, 0.05) is 19.1 Å². The van der Waals surface area contributed by atoms with Gasteiger partial charge in [0.05, 0.1) is 21.8 Å². The first kappa shape index (κ1) is 19.8. The van der Waals surface area contributed by atoms with Gasteiger partial charge in [-0.15, -0.1) is 0 Å². The maximum absolute atomic E-state index is 12.2. The summed E-state index contributed by atoms with van der Waals surface area (Å²) in [7, 11) is -3.25. The molecule has 146 valence electrons. The molecule has 0 aliphatic heterocycles. The van der Waals surface area contributed by atoms with E-state index in [0.29, 0.717) is 23.1 Å². The maximum atomic E-state index is 12.2. The molecule has 0 bridgehead atoms. The summed E-state index contributed by atoms with van der Waals surface area (Å²) in [6, 6.07) is 13.2. The normalized spacial score (nSPS) is 12.6. The lowest BCUT2D eigenvalue weighted by atomic mass is 10.1.